The summed E-state index contributed by atoms with van der Waals surface area (Å²) in [5.41, 5.74) is 2.80. The third-order valence-corrected chi connectivity index (χ3v) is 4.45. The van der Waals surface area contributed by atoms with Crippen LogP contribution in [0.1, 0.15) is 19.0 Å². The van der Waals surface area contributed by atoms with E-state index in [-0.39, 0.29) is 0 Å². The number of hydrogen-bond donors (Lipinski definition) is 2. The van der Waals surface area contributed by atoms with Gasteiger partial charge in [-0.25, -0.2) is 4.98 Å². The molecule has 0 atom stereocenters. The quantitative estimate of drug-likeness (QED) is 0.708. The second kappa shape index (κ2) is 7.20. The Labute approximate surface area is 151 Å². The van der Waals surface area contributed by atoms with Gasteiger partial charge in [0.1, 0.15) is 11.0 Å². The molecule has 4 heterocycles. The van der Waals surface area contributed by atoms with Crippen LogP contribution in [0.5, 0.6) is 0 Å². The molecule has 0 saturated carbocycles. The van der Waals surface area contributed by atoms with Crippen molar-refractivity contribution in [1.29, 1.82) is 0 Å². The first-order chi connectivity index (χ1) is 12.8. The van der Waals surface area contributed by atoms with Crippen molar-refractivity contribution >= 4 is 28.6 Å². The highest BCUT2D eigenvalue weighted by molar-refractivity contribution is 5.90. The highest BCUT2D eigenvalue weighted by Crippen LogP contribution is 2.28. The molecule has 2 N–H and O–H groups in total. The number of nitrogens with zero attached hydrogens (tertiary/aromatic N) is 7. The van der Waals surface area contributed by atoms with Crippen LogP contribution in [-0.4, -0.2) is 56.1 Å². The van der Waals surface area contributed by atoms with Gasteiger partial charge in [-0.2, -0.15) is 15.2 Å². The third kappa shape index (κ3) is 3.17. The van der Waals surface area contributed by atoms with Gasteiger partial charge in [0, 0.05) is 39.4 Å². The molecule has 0 radical (unpaired) electrons. The fourth-order valence-corrected chi connectivity index (χ4v) is 3.22. The number of rotatable bonds is 5. The summed E-state index contributed by atoms with van der Waals surface area (Å²) in [6.07, 6.45) is 3.56. The fourth-order valence-electron chi connectivity index (χ4n) is 3.22. The standard InChI is InChI=1S/C17H23N9/c1-3-5-12-14-15(25(2)24-12)16(20-13-6-4-7-19-23-13)22-17(21-14)26-10-8-18-9-11-26/h4,6-7,18H,3,5,8-11H2,1-2H3,(H,20,21,22,23). The summed E-state index contributed by atoms with van der Waals surface area (Å²) in [6.45, 7) is 5.79. The highest BCUT2D eigenvalue weighted by Gasteiger charge is 2.21. The van der Waals surface area contributed by atoms with Gasteiger partial charge in [-0.1, -0.05) is 13.3 Å². The molecule has 1 aliphatic heterocycles. The van der Waals surface area contributed by atoms with Crippen molar-refractivity contribution in [1.82, 2.24) is 35.3 Å². The average molecular weight is 353 g/mol. The van der Waals surface area contributed by atoms with Crippen LogP contribution in [0.15, 0.2) is 18.3 Å². The molecule has 0 aliphatic carbocycles. The van der Waals surface area contributed by atoms with Crippen LogP contribution in [0.4, 0.5) is 17.6 Å². The molecule has 0 bridgehead atoms. The van der Waals surface area contributed by atoms with Crippen molar-refractivity contribution in [3.8, 4) is 0 Å². The molecule has 0 spiro atoms. The minimum atomic E-state index is 0.650. The van der Waals surface area contributed by atoms with E-state index in [0.717, 1.165) is 61.7 Å². The summed E-state index contributed by atoms with van der Waals surface area (Å²) in [6, 6.07) is 3.71. The summed E-state index contributed by atoms with van der Waals surface area (Å²) >= 11 is 0. The second-order valence-corrected chi connectivity index (χ2v) is 6.36. The van der Waals surface area contributed by atoms with E-state index in [1.165, 1.54) is 0 Å². The SMILES string of the molecule is CCCc1nn(C)c2c(Nc3cccnn3)nc(N3CCNCC3)nc12. The van der Waals surface area contributed by atoms with Crippen LogP contribution in [-0.2, 0) is 13.5 Å². The third-order valence-electron chi connectivity index (χ3n) is 4.45. The van der Waals surface area contributed by atoms with Crippen LogP contribution in [0.3, 0.4) is 0 Å². The topological polar surface area (TPSA) is 96.7 Å². The monoisotopic (exact) mass is 353 g/mol. The number of aromatic nitrogens is 6. The van der Waals surface area contributed by atoms with Gasteiger partial charge in [0.25, 0.3) is 0 Å². The minimum Gasteiger partial charge on any atom is -0.338 e. The number of aryl methyl sites for hydroxylation is 2. The zero-order valence-corrected chi connectivity index (χ0v) is 15.1. The molecular formula is C17H23N9. The van der Waals surface area contributed by atoms with Crippen molar-refractivity contribution < 1.29 is 0 Å². The molecule has 1 fully saturated rings. The Morgan fingerprint density at radius 2 is 2.08 bits per heavy atom. The largest absolute Gasteiger partial charge is 0.338 e. The lowest BCUT2D eigenvalue weighted by molar-refractivity contribution is 0.580. The van der Waals surface area contributed by atoms with Gasteiger partial charge < -0.3 is 15.5 Å². The summed E-state index contributed by atoms with van der Waals surface area (Å²) in [5, 5.41) is 19.4. The average Bonchev–Trinajstić information content (AvgIpc) is 2.99. The number of hydrogen-bond acceptors (Lipinski definition) is 8. The van der Waals surface area contributed by atoms with Crippen molar-refractivity contribution in [2.45, 2.75) is 19.8 Å². The van der Waals surface area contributed by atoms with E-state index in [4.69, 9.17) is 9.97 Å². The molecular weight excluding hydrogens is 330 g/mol. The molecule has 9 nitrogen and oxygen atoms in total. The lowest BCUT2D eigenvalue weighted by Gasteiger charge is -2.27. The Hall–Kier alpha value is -2.81. The van der Waals surface area contributed by atoms with Crippen molar-refractivity contribution in [2.24, 2.45) is 7.05 Å². The number of fused-ring (bicyclic) bond motifs is 1. The first-order valence-corrected chi connectivity index (χ1v) is 9.00. The Kier molecular flexibility index (Phi) is 4.61. The van der Waals surface area contributed by atoms with Crippen molar-refractivity contribution in [3.05, 3.63) is 24.0 Å². The van der Waals surface area contributed by atoms with Gasteiger partial charge in [-0.05, 0) is 18.6 Å². The van der Waals surface area contributed by atoms with Crippen LogP contribution >= 0.6 is 0 Å². The molecule has 9 heteroatoms. The molecule has 136 valence electrons. The molecule has 26 heavy (non-hydrogen) atoms. The van der Waals surface area contributed by atoms with Gasteiger partial charge in [0.05, 0.1) is 5.69 Å². The molecule has 0 aromatic carbocycles. The first-order valence-electron chi connectivity index (χ1n) is 9.00. The van der Waals surface area contributed by atoms with Gasteiger partial charge in [-0.15, -0.1) is 5.10 Å². The van der Waals surface area contributed by atoms with Gasteiger partial charge in [-0.3, -0.25) is 4.68 Å². The number of nitrogens with one attached hydrogen (secondary N) is 2. The van der Waals surface area contributed by atoms with Crippen LogP contribution in [0.2, 0.25) is 0 Å². The van der Waals surface area contributed by atoms with Gasteiger partial charge in [0.2, 0.25) is 5.95 Å². The highest BCUT2D eigenvalue weighted by atomic mass is 15.3. The Morgan fingerprint density at radius 1 is 1.23 bits per heavy atom. The Bertz CT molecular complexity index is 884. The number of anilines is 3. The maximum Gasteiger partial charge on any atom is 0.228 e. The van der Waals surface area contributed by atoms with E-state index in [0.29, 0.717) is 11.6 Å². The van der Waals surface area contributed by atoms with E-state index >= 15 is 0 Å². The maximum absolute atomic E-state index is 4.87. The van der Waals surface area contributed by atoms with Crippen LogP contribution in [0.25, 0.3) is 11.0 Å². The summed E-state index contributed by atoms with van der Waals surface area (Å²) in [4.78, 5) is 11.9. The zero-order chi connectivity index (χ0) is 17.9. The lowest BCUT2D eigenvalue weighted by Crippen LogP contribution is -2.44. The maximum atomic E-state index is 4.87. The summed E-state index contributed by atoms with van der Waals surface area (Å²) in [5.74, 6) is 2.09. The normalized spacial score (nSPS) is 14.8. The second-order valence-electron chi connectivity index (χ2n) is 6.36. The predicted molar refractivity (Wildman–Crippen MR) is 101 cm³/mol. The molecule has 1 aliphatic rings. The zero-order valence-electron chi connectivity index (χ0n) is 15.1. The first kappa shape index (κ1) is 16.6. The summed E-state index contributed by atoms with van der Waals surface area (Å²) < 4.78 is 1.85. The molecule has 1 saturated heterocycles. The molecule has 3 aromatic rings. The van der Waals surface area contributed by atoms with E-state index in [1.54, 1.807) is 6.20 Å². The molecule has 0 amide bonds. The molecule has 0 unspecified atom stereocenters. The molecule has 4 rings (SSSR count). The smallest absolute Gasteiger partial charge is 0.228 e. The lowest BCUT2D eigenvalue weighted by atomic mass is 10.2. The Balaban J connectivity index is 1.83. The predicted octanol–water partition coefficient (Wildman–Crippen LogP) is 1.26. The van der Waals surface area contributed by atoms with Crippen LogP contribution < -0.4 is 15.5 Å². The Morgan fingerprint density at radius 3 is 2.81 bits per heavy atom. The minimum absolute atomic E-state index is 0.650. The summed E-state index contributed by atoms with van der Waals surface area (Å²) in [7, 11) is 1.93. The number of piperazine rings is 1. The van der Waals surface area contributed by atoms with E-state index < -0.39 is 0 Å². The van der Waals surface area contributed by atoms with E-state index in [2.05, 4.69) is 37.8 Å². The molecule has 3 aromatic heterocycles. The van der Waals surface area contributed by atoms with Crippen molar-refractivity contribution in [2.75, 3.05) is 36.4 Å². The fraction of sp³-hybridized carbons (Fsp3) is 0.471. The van der Waals surface area contributed by atoms with Crippen LogP contribution in [0, 0.1) is 0 Å². The van der Waals surface area contributed by atoms with E-state index in [9.17, 15) is 0 Å². The van der Waals surface area contributed by atoms with Gasteiger partial charge >= 0.3 is 0 Å². The van der Waals surface area contributed by atoms with Crippen molar-refractivity contribution in [3.63, 3.8) is 0 Å². The van der Waals surface area contributed by atoms with Gasteiger partial charge in [0.15, 0.2) is 11.6 Å². The van der Waals surface area contributed by atoms with E-state index in [1.807, 2.05) is 23.9 Å².